The number of hydrogen-bond acceptors (Lipinski definition) is 7. The highest BCUT2D eigenvalue weighted by molar-refractivity contribution is 5.83. The summed E-state index contributed by atoms with van der Waals surface area (Å²) in [5.41, 5.74) is 4.59. The molecule has 0 fully saturated rings. The fraction of sp³-hybridized carbons (Fsp3) is 0.143. The molecule has 0 amide bonds. The summed E-state index contributed by atoms with van der Waals surface area (Å²) in [6.45, 7) is 2.33. The zero-order chi connectivity index (χ0) is 21.5. The predicted octanol–water partition coefficient (Wildman–Crippen LogP) is 3.44. The van der Waals surface area contributed by atoms with E-state index in [2.05, 4.69) is 19.9 Å². The predicted molar refractivity (Wildman–Crippen MR) is 113 cm³/mol. The number of methoxy groups -OCH3 is 1. The first-order chi connectivity index (χ1) is 15.0. The molecule has 10 nitrogen and oxygen atoms in total. The minimum Gasteiger partial charge on any atom is -0.479 e. The highest BCUT2D eigenvalue weighted by Crippen LogP contribution is 2.27. The molecule has 0 saturated carbocycles. The Hall–Kier alpha value is -4.34. The lowest BCUT2D eigenvalue weighted by Crippen LogP contribution is -2.03. The van der Waals surface area contributed by atoms with Gasteiger partial charge in [-0.3, -0.25) is 10.1 Å². The molecule has 0 saturated heterocycles. The number of hydrogen-bond donors (Lipinski definition) is 0. The monoisotopic (exact) mass is 415 g/mol. The standard InChI is InChI=1S/C21H17N7O3/c1-13-25-20-18(27(13)11-14-4-3-5-15(8-14)28(29)30)9-16(10-22-20)26-7-6-17-19(26)21(31-2)24-12-23-17/h3-10,12H,11H2,1-2H3. The number of ether oxygens (including phenoxy) is 1. The number of nitro benzene ring substituents is 1. The van der Waals surface area contributed by atoms with Gasteiger partial charge in [-0.15, -0.1) is 0 Å². The van der Waals surface area contributed by atoms with Crippen molar-refractivity contribution in [1.29, 1.82) is 0 Å². The van der Waals surface area contributed by atoms with Crippen molar-refractivity contribution in [2.24, 2.45) is 0 Å². The molecule has 0 N–H and O–H groups in total. The van der Waals surface area contributed by atoms with Crippen molar-refractivity contribution < 1.29 is 9.66 Å². The summed E-state index contributed by atoms with van der Waals surface area (Å²) in [7, 11) is 1.57. The van der Waals surface area contributed by atoms with Crippen molar-refractivity contribution in [2.75, 3.05) is 7.11 Å². The largest absolute Gasteiger partial charge is 0.479 e. The molecule has 31 heavy (non-hydrogen) atoms. The highest BCUT2D eigenvalue weighted by Gasteiger charge is 2.15. The van der Waals surface area contributed by atoms with E-state index in [4.69, 9.17) is 4.74 Å². The van der Waals surface area contributed by atoms with Gasteiger partial charge < -0.3 is 13.9 Å². The maximum Gasteiger partial charge on any atom is 0.269 e. The molecule has 0 aliphatic heterocycles. The van der Waals surface area contributed by atoms with Gasteiger partial charge in [-0.1, -0.05) is 12.1 Å². The smallest absolute Gasteiger partial charge is 0.269 e. The number of aromatic nitrogens is 6. The number of nitrogens with zero attached hydrogens (tertiary/aromatic N) is 7. The minimum atomic E-state index is -0.394. The van der Waals surface area contributed by atoms with E-state index in [1.54, 1.807) is 25.4 Å². The van der Waals surface area contributed by atoms with Crippen LogP contribution in [0.4, 0.5) is 5.69 Å². The second-order valence-corrected chi connectivity index (χ2v) is 7.01. The molecule has 0 aliphatic rings. The van der Waals surface area contributed by atoms with Crippen molar-refractivity contribution in [3.05, 3.63) is 76.6 Å². The summed E-state index contributed by atoms with van der Waals surface area (Å²) in [5, 5.41) is 11.1. The van der Waals surface area contributed by atoms with E-state index >= 15 is 0 Å². The molecule has 0 radical (unpaired) electrons. The van der Waals surface area contributed by atoms with E-state index in [-0.39, 0.29) is 5.69 Å². The Kier molecular flexibility index (Phi) is 4.32. The fourth-order valence-electron chi connectivity index (χ4n) is 3.70. The van der Waals surface area contributed by atoms with Crippen LogP contribution < -0.4 is 4.74 Å². The summed E-state index contributed by atoms with van der Waals surface area (Å²) in [6, 6.07) is 10.5. The lowest BCUT2D eigenvalue weighted by atomic mass is 10.2. The third-order valence-electron chi connectivity index (χ3n) is 5.15. The normalized spacial score (nSPS) is 11.3. The summed E-state index contributed by atoms with van der Waals surface area (Å²) < 4.78 is 9.32. The number of benzene rings is 1. The van der Waals surface area contributed by atoms with Crippen LogP contribution in [-0.2, 0) is 6.54 Å². The summed E-state index contributed by atoms with van der Waals surface area (Å²) >= 11 is 0. The average Bonchev–Trinajstić information content (AvgIpc) is 3.34. The topological polar surface area (TPSA) is 114 Å². The lowest BCUT2D eigenvalue weighted by molar-refractivity contribution is -0.384. The maximum atomic E-state index is 11.1. The van der Waals surface area contributed by atoms with Gasteiger partial charge in [0, 0.05) is 24.9 Å². The molecule has 154 valence electrons. The van der Waals surface area contributed by atoms with Crippen LogP contribution in [0.15, 0.2) is 55.1 Å². The van der Waals surface area contributed by atoms with Crippen LogP contribution in [0.5, 0.6) is 5.88 Å². The molecule has 4 aromatic heterocycles. The SMILES string of the molecule is COc1ncnc2ccn(-c3cnc4nc(C)n(Cc5cccc([N+](=O)[O-])c5)c4c3)c12. The summed E-state index contributed by atoms with van der Waals surface area (Å²) in [4.78, 5) is 28.3. The molecule has 0 unspecified atom stereocenters. The Morgan fingerprint density at radius 3 is 2.84 bits per heavy atom. The van der Waals surface area contributed by atoms with Gasteiger partial charge in [-0.25, -0.2) is 15.0 Å². The van der Waals surface area contributed by atoms with E-state index in [1.807, 2.05) is 40.5 Å². The quantitative estimate of drug-likeness (QED) is 0.319. The second-order valence-electron chi connectivity index (χ2n) is 7.01. The van der Waals surface area contributed by atoms with Crippen LogP contribution in [0, 0.1) is 17.0 Å². The van der Waals surface area contributed by atoms with Crippen molar-refractivity contribution in [2.45, 2.75) is 13.5 Å². The van der Waals surface area contributed by atoms with Gasteiger partial charge in [0.1, 0.15) is 17.7 Å². The summed E-state index contributed by atoms with van der Waals surface area (Å²) in [6.07, 6.45) is 5.08. The Bertz CT molecular complexity index is 1450. The first kappa shape index (κ1) is 18.7. The second kappa shape index (κ2) is 7.17. The van der Waals surface area contributed by atoms with Gasteiger partial charge in [-0.05, 0) is 24.6 Å². The lowest BCUT2D eigenvalue weighted by Gasteiger charge is -2.10. The molecule has 0 atom stereocenters. The summed E-state index contributed by atoms with van der Waals surface area (Å²) in [5.74, 6) is 1.24. The third kappa shape index (κ3) is 3.14. The van der Waals surface area contributed by atoms with Crippen molar-refractivity contribution in [3.8, 4) is 11.6 Å². The van der Waals surface area contributed by atoms with Crippen molar-refractivity contribution in [1.82, 2.24) is 29.1 Å². The Labute approximate surface area is 175 Å². The van der Waals surface area contributed by atoms with Gasteiger partial charge in [0.2, 0.25) is 5.88 Å². The van der Waals surface area contributed by atoms with Crippen LogP contribution in [0.3, 0.4) is 0 Å². The van der Waals surface area contributed by atoms with Gasteiger partial charge in [0.15, 0.2) is 5.65 Å². The molecule has 4 heterocycles. The first-order valence-electron chi connectivity index (χ1n) is 9.48. The number of fused-ring (bicyclic) bond motifs is 2. The van der Waals surface area contributed by atoms with Crippen LogP contribution >= 0.6 is 0 Å². The van der Waals surface area contributed by atoms with Crippen LogP contribution in [-0.4, -0.2) is 41.1 Å². The van der Waals surface area contributed by atoms with E-state index in [0.717, 1.165) is 33.6 Å². The van der Waals surface area contributed by atoms with E-state index in [0.29, 0.717) is 18.1 Å². The number of non-ortho nitro benzene ring substituents is 1. The average molecular weight is 415 g/mol. The van der Waals surface area contributed by atoms with Gasteiger partial charge >= 0.3 is 0 Å². The number of pyridine rings is 1. The number of nitro groups is 1. The molecular weight excluding hydrogens is 398 g/mol. The van der Waals surface area contributed by atoms with Gasteiger partial charge in [0.05, 0.1) is 35.0 Å². The van der Waals surface area contributed by atoms with Crippen LogP contribution in [0.2, 0.25) is 0 Å². The molecule has 0 aliphatic carbocycles. The molecule has 10 heteroatoms. The van der Waals surface area contributed by atoms with Gasteiger partial charge in [0.25, 0.3) is 5.69 Å². The van der Waals surface area contributed by atoms with Crippen LogP contribution in [0.25, 0.3) is 27.9 Å². The Morgan fingerprint density at radius 1 is 1.16 bits per heavy atom. The minimum absolute atomic E-state index is 0.0595. The number of imidazole rings is 1. The highest BCUT2D eigenvalue weighted by atomic mass is 16.6. The van der Waals surface area contributed by atoms with Crippen molar-refractivity contribution in [3.63, 3.8) is 0 Å². The van der Waals surface area contributed by atoms with E-state index < -0.39 is 4.92 Å². The fourth-order valence-corrected chi connectivity index (χ4v) is 3.70. The Balaban J connectivity index is 1.63. The van der Waals surface area contributed by atoms with E-state index in [9.17, 15) is 10.1 Å². The Morgan fingerprint density at radius 2 is 2.03 bits per heavy atom. The zero-order valence-electron chi connectivity index (χ0n) is 16.8. The molecule has 5 aromatic rings. The molecular formula is C21H17N7O3. The number of rotatable bonds is 5. The maximum absolute atomic E-state index is 11.1. The molecule has 5 rings (SSSR count). The molecule has 1 aromatic carbocycles. The third-order valence-corrected chi connectivity index (χ3v) is 5.15. The number of aryl methyl sites for hydroxylation is 1. The first-order valence-corrected chi connectivity index (χ1v) is 9.48. The zero-order valence-corrected chi connectivity index (χ0v) is 16.8. The van der Waals surface area contributed by atoms with Gasteiger partial charge in [-0.2, -0.15) is 4.98 Å². The molecule has 0 spiro atoms. The van der Waals surface area contributed by atoms with Crippen molar-refractivity contribution >= 4 is 27.9 Å². The van der Waals surface area contributed by atoms with Crippen LogP contribution in [0.1, 0.15) is 11.4 Å². The van der Waals surface area contributed by atoms with E-state index in [1.165, 1.54) is 12.4 Å². The molecule has 0 bridgehead atoms.